The zero-order valence-corrected chi connectivity index (χ0v) is 9.05. The number of allylic oxidation sites excluding steroid dienone is 1. The van der Waals surface area contributed by atoms with E-state index < -0.39 is 0 Å². The molecule has 0 saturated carbocycles. The first kappa shape index (κ1) is 10.8. The Morgan fingerprint density at radius 1 is 1.50 bits per heavy atom. The third kappa shape index (κ3) is 2.59. The number of H-pyrrole nitrogens is 1. The molecule has 2 heteroatoms. The lowest BCUT2D eigenvalue weighted by Gasteiger charge is -2.24. The summed E-state index contributed by atoms with van der Waals surface area (Å²) in [5, 5.41) is 0. The van der Waals surface area contributed by atoms with Crippen LogP contribution in [-0.2, 0) is 6.42 Å². The van der Waals surface area contributed by atoms with Gasteiger partial charge in [-0.3, -0.25) is 4.79 Å². The van der Waals surface area contributed by atoms with Gasteiger partial charge < -0.3 is 4.98 Å². The van der Waals surface area contributed by atoms with Gasteiger partial charge in [0.2, 0.25) is 5.56 Å². The van der Waals surface area contributed by atoms with Crippen LogP contribution >= 0.6 is 0 Å². The van der Waals surface area contributed by atoms with E-state index in [9.17, 15) is 4.79 Å². The predicted octanol–water partition coefficient (Wildman–Crippen LogP) is 2.52. The fraction of sp³-hybridized carbons (Fsp3) is 0.417. The van der Waals surface area contributed by atoms with Crippen molar-refractivity contribution >= 4 is 0 Å². The summed E-state index contributed by atoms with van der Waals surface area (Å²) in [4.78, 5) is 13.5. The molecule has 1 rings (SSSR count). The Morgan fingerprint density at radius 3 is 2.57 bits per heavy atom. The first-order valence-electron chi connectivity index (χ1n) is 4.75. The number of pyridine rings is 1. The molecule has 0 aliphatic rings. The second kappa shape index (κ2) is 3.82. The molecule has 1 N–H and O–H groups in total. The smallest absolute Gasteiger partial charge is 0.247 e. The van der Waals surface area contributed by atoms with Gasteiger partial charge >= 0.3 is 0 Å². The predicted molar refractivity (Wildman–Crippen MR) is 59.4 cm³/mol. The van der Waals surface area contributed by atoms with E-state index >= 15 is 0 Å². The molecular formula is C12H17NO. The van der Waals surface area contributed by atoms with Crippen molar-refractivity contribution in [2.75, 3.05) is 0 Å². The van der Waals surface area contributed by atoms with Gasteiger partial charge in [0.15, 0.2) is 0 Å². The summed E-state index contributed by atoms with van der Waals surface area (Å²) in [5.41, 5.74) is 2.32. The molecule has 0 bridgehead atoms. The van der Waals surface area contributed by atoms with Gasteiger partial charge in [-0.1, -0.05) is 32.1 Å². The fourth-order valence-corrected chi connectivity index (χ4v) is 1.21. The van der Waals surface area contributed by atoms with Crippen molar-refractivity contribution in [3.63, 3.8) is 0 Å². The highest BCUT2D eigenvalue weighted by molar-refractivity contribution is 5.16. The monoisotopic (exact) mass is 191 g/mol. The van der Waals surface area contributed by atoms with Crippen LogP contribution in [0.25, 0.3) is 0 Å². The lowest BCUT2D eigenvalue weighted by atomic mass is 9.80. The maximum absolute atomic E-state index is 10.8. The van der Waals surface area contributed by atoms with Gasteiger partial charge in [-0.15, -0.1) is 0 Å². The quantitative estimate of drug-likeness (QED) is 0.732. The van der Waals surface area contributed by atoms with E-state index in [1.54, 1.807) is 12.3 Å². The number of hydrogen-bond donors (Lipinski definition) is 1. The zero-order valence-electron chi connectivity index (χ0n) is 9.05. The van der Waals surface area contributed by atoms with Crippen LogP contribution in [-0.4, -0.2) is 4.98 Å². The minimum atomic E-state index is -0.0538. The second-order valence-corrected chi connectivity index (χ2v) is 4.40. The summed E-state index contributed by atoms with van der Waals surface area (Å²) >= 11 is 0. The van der Waals surface area contributed by atoms with Crippen molar-refractivity contribution < 1.29 is 0 Å². The second-order valence-electron chi connectivity index (χ2n) is 4.40. The largest absolute Gasteiger partial charge is 0.329 e. The van der Waals surface area contributed by atoms with E-state index in [1.165, 1.54) is 0 Å². The Bertz CT molecular complexity index is 367. The Labute approximate surface area is 84.7 Å². The van der Waals surface area contributed by atoms with Crippen molar-refractivity contribution in [1.82, 2.24) is 4.98 Å². The van der Waals surface area contributed by atoms with Gasteiger partial charge in [0, 0.05) is 12.3 Å². The van der Waals surface area contributed by atoms with Gasteiger partial charge in [0.25, 0.3) is 0 Å². The molecule has 0 aliphatic carbocycles. The SMILES string of the molecule is C=C(C)C(C)(C)Cc1ccc(=O)[nH]c1. The lowest BCUT2D eigenvalue weighted by Crippen LogP contribution is -2.16. The van der Waals surface area contributed by atoms with E-state index in [-0.39, 0.29) is 11.0 Å². The van der Waals surface area contributed by atoms with E-state index in [0.29, 0.717) is 0 Å². The van der Waals surface area contributed by atoms with Gasteiger partial charge in [-0.2, -0.15) is 0 Å². The molecular weight excluding hydrogens is 174 g/mol. The Kier molecular flexibility index (Phi) is 2.94. The average Bonchev–Trinajstić information content (AvgIpc) is 2.08. The molecule has 1 aromatic rings. The van der Waals surface area contributed by atoms with Gasteiger partial charge in [0.05, 0.1) is 0 Å². The van der Waals surface area contributed by atoms with Crippen molar-refractivity contribution in [2.24, 2.45) is 5.41 Å². The summed E-state index contributed by atoms with van der Waals surface area (Å²) in [5.74, 6) is 0. The van der Waals surface area contributed by atoms with Crippen molar-refractivity contribution in [3.05, 3.63) is 46.4 Å². The zero-order chi connectivity index (χ0) is 10.8. The third-order valence-corrected chi connectivity index (χ3v) is 2.65. The molecule has 0 spiro atoms. The average molecular weight is 191 g/mol. The van der Waals surface area contributed by atoms with Crippen LogP contribution in [0.4, 0.5) is 0 Å². The van der Waals surface area contributed by atoms with Crippen LogP contribution < -0.4 is 5.56 Å². The van der Waals surface area contributed by atoms with Crippen molar-refractivity contribution in [3.8, 4) is 0 Å². The van der Waals surface area contributed by atoms with Crippen molar-refractivity contribution in [1.29, 1.82) is 0 Å². The molecule has 1 heterocycles. The third-order valence-electron chi connectivity index (χ3n) is 2.65. The summed E-state index contributed by atoms with van der Waals surface area (Å²) < 4.78 is 0. The molecule has 0 amide bonds. The summed E-state index contributed by atoms with van der Waals surface area (Å²) in [6.45, 7) is 10.3. The maximum Gasteiger partial charge on any atom is 0.247 e. The highest BCUT2D eigenvalue weighted by Crippen LogP contribution is 2.28. The molecule has 0 saturated heterocycles. The van der Waals surface area contributed by atoms with Crippen LogP contribution in [0, 0.1) is 5.41 Å². The van der Waals surface area contributed by atoms with Gasteiger partial charge in [0.1, 0.15) is 0 Å². The van der Waals surface area contributed by atoms with Crippen LogP contribution in [0.3, 0.4) is 0 Å². The molecule has 0 atom stereocenters. The minimum Gasteiger partial charge on any atom is -0.329 e. The number of nitrogens with one attached hydrogen (secondary N) is 1. The van der Waals surface area contributed by atoms with E-state index in [1.807, 2.05) is 13.0 Å². The van der Waals surface area contributed by atoms with E-state index in [2.05, 4.69) is 25.4 Å². The standard InChI is InChI=1S/C12H17NO/c1-9(2)12(3,4)7-10-5-6-11(14)13-8-10/h5-6,8H,1,7H2,2-4H3,(H,13,14). The number of aromatic nitrogens is 1. The molecule has 2 nitrogen and oxygen atoms in total. The number of rotatable bonds is 3. The summed E-state index contributed by atoms with van der Waals surface area (Å²) in [7, 11) is 0. The van der Waals surface area contributed by atoms with Gasteiger partial charge in [-0.05, 0) is 24.3 Å². The summed E-state index contributed by atoms with van der Waals surface area (Å²) in [6, 6.07) is 3.42. The molecule has 0 unspecified atom stereocenters. The molecule has 0 aromatic carbocycles. The minimum absolute atomic E-state index is 0.0538. The molecule has 0 aliphatic heterocycles. The Morgan fingerprint density at radius 2 is 2.14 bits per heavy atom. The van der Waals surface area contributed by atoms with Crippen LogP contribution in [0.15, 0.2) is 35.3 Å². The van der Waals surface area contributed by atoms with Crippen LogP contribution in [0.1, 0.15) is 26.3 Å². The fourth-order valence-electron chi connectivity index (χ4n) is 1.21. The molecule has 0 radical (unpaired) electrons. The summed E-state index contributed by atoms with van der Waals surface area (Å²) in [6.07, 6.45) is 2.67. The topological polar surface area (TPSA) is 32.9 Å². The maximum atomic E-state index is 10.8. The van der Waals surface area contributed by atoms with Crippen LogP contribution in [0.2, 0.25) is 0 Å². The number of aromatic amines is 1. The molecule has 76 valence electrons. The van der Waals surface area contributed by atoms with Gasteiger partial charge in [-0.25, -0.2) is 0 Å². The first-order chi connectivity index (χ1) is 6.42. The van der Waals surface area contributed by atoms with Crippen molar-refractivity contribution in [2.45, 2.75) is 27.2 Å². The highest BCUT2D eigenvalue weighted by Gasteiger charge is 2.18. The van der Waals surface area contributed by atoms with E-state index in [4.69, 9.17) is 0 Å². The Balaban J connectivity index is 2.84. The normalized spacial score (nSPS) is 11.4. The first-order valence-corrected chi connectivity index (χ1v) is 4.75. The highest BCUT2D eigenvalue weighted by atomic mass is 16.1. The number of hydrogen-bond acceptors (Lipinski definition) is 1. The molecule has 1 aromatic heterocycles. The molecule has 14 heavy (non-hydrogen) atoms. The van der Waals surface area contributed by atoms with Crippen LogP contribution in [0.5, 0.6) is 0 Å². The van der Waals surface area contributed by atoms with E-state index in [0.717, 1.165) is 17.6 Å². The molecule has 0 fully saturated rings. The Hall–Kier alpha value is -1.31. The lowest BCUT2D eigenvalue weighted by molar-refractivity contribution is 0.444.